The molecule has 1 fully saturated rings. The van der Waals surface area contributed by atoms with Gasteiger partial charge >= 0.3 is 0 Å². The van der Waals surface area contributed by atoms with Crippen molar-refractivity contribution in [1.82, 2.24) is 9.80 Å². The molecule has 1 heterocycles. The van der Waals surface area contributed by atoms with Gasteiger partial charge in [-0.2, -0.15) is 0 Å². The van der Waals surface area contributed by atoms with E-state index in [-0.39, 0.29) is 24.9 Å². The maximum atomic E-state index is 12.4. The van der Waals surface area contributed by atoms with Gasteiger partial charge in [-0.3, -0.25) is 19.4 Å². The first-order valence-electron chi connectivity index (χ1n) is 10.8. The van der Waals surface area contributed by atoms with E-state index in [9.17, 15) is 9.59 Å². The van der Waals surface area contributed by atoms with Crippen molar-refractivity contribution >= 4 is 23.2 Å². The highest BCUT2D eigenvalue weighted by Crippen LogP contribution is 2.16. The number of likely N-dealkylation sites (N-methyl/N-ethyl adjacent to an activating group) is 1. The minimum absolute atomic E-state index is 0.133. The average molecular weight is 425 g/mol. The number of carbonyl (C=O) groups is 2. The molecule has 0 aliphatic carbocycles. The third-order valence-corrected chi connectivity index (χ3v) is 5.40. The number of nitrogens with zero attached hydrogens (tertiary/aromatic N) is 2. The fraction of sp³-hybridized carbons (Fsp3) is 0.417. The van der Waals surface area contributed by atoms with Crippen LogP contribution in [0.4, 0.5) is 11.4 Å². The zero-order valence-corrected chi connectivity index (χ0v) is 18.4. The molecule has 0 aromatic heterocycles. The third kappa shape index (κ3) is 7.38. The minimum Gasteiger partial charge on any atom is -0.497 e. The van der Waals surface area contributed by atoms with Crippen molar-refractivity contribution in [3.05, 3.63) is 54.1 Å². The summed E-state index contributed by atoms with van der Waals surface area (Å²) in [7, 11) is 1.60. The quantitative estimate of drug-likeness (QED) is 0.613. The lowest BCUT2D eigenvalue weighted by atomic mass is 10.2. The first-order valence-corrected chi connectivity index (χ1v) is 10.8. The number of ether oxygens (including phenoxy) is 1. The van der Waals surface area contributed by atoms with Gasteiger partial charge in [0.25, 0.3) is 0 Å². The number of likely N-dealkylation sites (tertiary alicyclic amines) is 1. The summed E-state index contributed by atoms with van der Waals surface area (Å²) in [5.74, 6) is 0.436. The molecule has 1 aliphatic rings. The highest BCUT2D eigenvalue weighted by Gasteiger charge is 2.14. The number of amides is 2. The molecule has 2 amide bonds. The van der Waals surface area contributed by atoms with Gasteiger partial charge in [-0.05, 0) is 74.4 Å². The molecule has 2 N–H and O–H groups in total. The molecule has 1 saturated heterocycles. The molecule has 3 rings (SSSR count). The number of rotatable bonds is 10. The highest BCUT2D eigenvalue weighted by atomic mass is 16.5. The summed E-state index contributed by atoms with van der Waals surface area (Å²) in [4.78, 5) is 29.0. The van der Waals surface area contributed by atoms with Crippen LogP contribution in [0.3, 0.4) is 0 Å². The molecule has 0 bridgehead atoms. The number of nitrogens with one attached hydrogen (secondary N) is 2. The van der Waals surface area contributed by atoms with Gasteiger partial charge in [0.2, 0.25) is 11.8 Å². The van der Waals surface area contributed by atoms with Crippen molar-refractivity contribution in [3.8, 4) is 5.75 Å². The SMILES string of the molecule is CCN(CC(=O)Nc1ccc(CN2CCCC2)cc1)CC(=O)Nc1ccc(OC)cc1. The highest BCUT2D eigenvalue weighted by molar-refractivity contribution is 5.94. The Morgan fingerprint density at radius 3 is 1.90 bits per heavy atom. The summed E-state index contributed by atoms with van der Waals surface area (Å²) in [5, 5.41) is 5.77. The lowest BCUT2D eigenvalue weighted by molar-refractivity contribution is -0.119. The topological polar surface area (TPSA) is 73.9 Å². The minimum atomic E-state index is -0.161. The molecule has 2 aromatic rings. The van der Waals surface area contributed by atoms with Gasteiger partial charge in [0.05, 0.1) is 20.2 Å². The molecular weight excluding hydrogens is 392 g/mol. The predicted molar refractivity (Wildman–Crippen MR) is 123 cm³/mol. The number of hydrogen-bond donors (Lipinski definition) is 2. The summed E-state index contributed by atoms with van der Waals surface area (Å²) < 4.78 is 5.12. The van der Waals surface area contributed by atoms with E-state index >= 15 is 0 Å². The Hall–Kier alpha value is -2.90. The Morgan fingerprint density at radius 1 is 0.903 bits per heavy atom. The van der Waals surface area contributed by atoms with E-state index in [1.54, 1.807) is 36.3 Å². The van der Waals surface area contributed by atoms with E-state index in [0.717, 1.165) is 31.1 Å². The van der Waals surface area contributed by atoms with E-state index in [0.29, 0.717) is 12.2 Å². The summed E-state index contributed by atoms with van der Waals surface area (Å²) in [6, 6.07) is 15.2. The molecule has 0 spiro atoms. The molecule has 0 atom stereocenters. The van der Waals surface area contributed by atoms with Crippen molar-refractivity contribution in [2.75, 3.05) is 50.5 Å². The second kappa shape index (κ2) is 11.5. The van der Waals surface area contributed by atoms with Gasteiger partial charge < -0.3 is 15.4 Å². The Labute approximate surface area is 184 Å². The Kier molecular flexibility index (Phi) is 8.44. The number of anilines is 2. The maximum Gasteiger partial charge on any atom is 0.238 e. The van der Waals surface area contributed by atoms with E-state index < -0.39 is 0 Å². The van der Waals surface area contributed by atoms with Gasteiger partial charge in [0, 0.05) is 17.9 Å². The van der Waals surface area contributed by atoms with E-state index in [2.05, 4.69) is 27.7 Å². The van der Waals surface area contributed by atoms with Crippen molar-refractivity contribution in [2.45, 2.75) is 26.3 Å². The first kappa shape index (κ1) is 22.8. The predicted octanol–water partition coefficient (Wildman–Crippen LogP) is 3.19. The van der Waals surface area contributed by atoms with Crippen LogP contribution in [0.1, 0.15) is 25.3 Å². The van der Waals surface area contributed by atoms with Crippen molar-refractivity contribution < 1.29 is 14.3 Å². The van der Waals surface area contributed by atoms with Crippen LogP contribution in [0.2, 0.25) is 0 Å². The second-order valence-corrected chi connectivity index (χ2v) is 7.81. The van der Waals surface area contributed by atoms with Gasteiger partial charge in [0.15, 0.2) is 0 Å². The van der Waals surface area contributed by atoms with E-state index in [1.165, 1.54) is 18.4 Å². The second-order valence-electron chi connectivity index (χ2n) is 7.81. The maximum absolute atomic E-state index is 12.4. The Morgan fingerprint density at radius 2 is 1.42 bits per heavy atom. The van der Waals surface area contributed by atoms with Crippen molar-refractivity contribution in [3.63, 3.8) is 0 Å². The van der Waals surface area contributed by atoms with Crippen LogP contribution in [0.5, 0.6) is 5.75 Å². The molecular formula is C24H32N4O3. The van der Waals surface area contributed by atoms with Crippen LogP contribution < -0.4 is 15.4 Å². The standard InChI is InChI=1S/C24H32N4O3/c1-3-27(18-24(30)26-21-10-12-22(31-2)13-11-21)17-23(29)25-20-8-6-19(7-9-20)16-28-14-4-5-15-28/h6-13H,3-5,14-18H2,1-2H3,(H,25,29)(H,26,30). The van der Waals surface area contributed by atoms with Crippen LogP contribution in [-0.4, -0.2) is 61.4 Å². The van der Waals surface area contributed by atoms with Crippen LogP contribution >= 0.6 is 0 Å². The number of carbonyl (C=O) groups excluding carboxylic acids is 2. The molecule has 1 aliphatic heterocycles. The number of benzene rings is 2. The zero-order chi connectivity index (χ0) is 22.1. The average Bonchev–Trinajstić information content (AvgIpc) is 3.28. The third-order valence-electron chi connectivity index (χ3n) is 5.40. The molecule has 0 unspecified atom stereocenters. The first-order chi connectivity index (χ1) is 15.1. The van der Waals surface area contributed by atoms with Crippen LogP contribution in [0.15, 0.2) is 48.5 Å². The molecule has 2 aromatic carbocycles. The molecule has 0 saturated carbocycles. The lowest BCUT2D eigenvalue weighted by Crippen LogP contribution is -2.38. The van der Waals surface area contributed by atoms with Gasteiger partial charge in [-0.25, -0.2) is 0 Å². The van der Waals surface area contributed by atoms with E-state index in [1.807, 2.05) is 19.1 Å². The van der Waals surface area contributed by atoms with Crippen LogP contribution in [-0.2, 0) is 16.1 Å². The van der Waals surface area contributed by atoms with E-state index in [4.69, 9.17) is 4.74 Å². The smallest absolute Gasteiger partial charge is 0.238 e. The normalized spacial score (nSPS) is 13.9. The Bertz CT molecular complexity index is 846. The van der Waals surface area contributed by atoms with Gasteiger partial charge in [0.1, 0.15) is 5.75 Å². The summed E-state index contributed by atoms with van der Waals surface area (Å²) in [6.45, 7) is 6.11. The van der Waals surface area contributed by atoms with Crippen LogP contribution in [0.25, 0.3) is 0 Å². The van der Waals surface area contributed by atoms with Crippen molar-refractivity contribution in [2.24, 2.45) is 0 Å². The largest absolute Gasteiger partial charge is 0.497 e. The summed E-state index contributed by atoms with van der Waals surface area (Å²) in [5.41, 5.74) is 2.72. The summed E-state index contributed by atoms with van der Waals surface area (Å²) >= 11 is 0. The molecule has 31 heavy (non-hydrogen) atoms. The molecule has 7 heteroatoms. The fourth-order valence-corrected chi connectivity index (χ4v) is 3.65. The summed E-state index contributed by atoms with van der Waals surface area (Å²) in [6.07, 6.45) is 2.56. The number of hydrogen-bond acceptors (Lipinski definition) is 5. The fourth-order valence-electron chi connectivity index (χ4n) is 3.65. The van der Waals surface area contributed by atoms with Gasteiger partial charge in [-0.15, -0.1) is 0 Å². The molecule has 166 valence electrons. The Balaban J connectivity index is 1.44. The molecule has 0 radical (unpaired) electrons. The lowest BCUT2D eigenvalue weighted by Gasteiger charge is -2.19. The van der Waals surface area contributed by atoms with Gasteiger partial charge in [-0.1, -0.05) is 19.1 Å². The van der Waals surface area contributed by atoms with Crippen molar-refractivity contribution in [1.29, 1.82) is 0 Å². The number of methoxy groups -OCH3 is 1. The molecule has 7 nitrogen and oxygen atoms in total. The van der Waals surface area contributed by atoms with Crippen LogP contribution in [0, 0.1) is 0 Å². The zero-order valence-electron chi connectivity index (χ0n) is 18.4. The monoisotopic (exact) mass is 424 g/mol.